The van der Waals surface area contributed by atoms with Gasteiger partial charge in [0.15, 0.2) is 0 Å². The molecule has 0 saturated carbocycles. The third kappa shape index (κ3) is 5.49. The number of anilines is 1. The van der Waals surface area contributed by atoms with E-state index in [1.807, 2.05) is 43.6 Å². The van der Waals surface area contributed by atoms with Gasteiger partial charge < -0.3 is 20.1 Å². The number of hydrogen-bond donors (Lipinski definition) is 2. The van der Waals surface area contributed by atoms with E-state index in [0.717, 1.165) is 47.8 Å². The topological polar surface area (TPSA) is 85.8 Å². The molecule has 2 heterocycles. The quantitative estimate of drug-likeness (QED) is 0.624. The zero-order chi connectivity index (χ0) is 21.5. The molecule has 30 heavy (non-hydrogen) atoms. The van der Waals surface area contributed by atoms with Crippen LogP contribution in [0.4, 0.5) is 10.6 Å². The Morgan fingerprint density at radius 1 is 1.27 bits per heavy atom. The first kappa shape index (κ1) is 22.1. The van der Waals surface area contributed by atoms with E-state index in [-0.39, 0.29) is 12.6 Å². The molecule has 1 unspecified atom stereocenters. The van der Waals surface area contributed by atoms with Crippen LogP contribution in [0.5, 0.6) is 0 Å². The molecular formula is C22H27ClN4O3. The zero-order valence-corrected chi connectivity index (χ0v) is 17.8. The van der Waals surface area contributed by atoms with Gasteiger partial charge in [-0.2, -0.15) is 0 Å². The maximum atomic E-state index is 11.3. The second-order valence-electron chi connectivity index (χ2n) is 7.49. The van der Waals surface area contributed by atoms with Gasteiger partial charge in [0.05, 0.1) is 6.54 Å². The number of rotatable bonds is 8. The lowest BCUT2D eigenvalue weighted by atomic mass is 9.89. The van der Waals surface area contributed by atoms with Gasteiger partial charge in [-0.1, -0.05) is 23.7 Å². The monoisotopic (exact) mass is 430 g/mol. The molecule has 1 atom stereocenters. The van der Waals surface area contributed by atoms with Crippen molar-refractivity contribution in [2.24, 2.45) is 5.92 Å². The summed E-state index contributed by atoms with van der Waals surface area (Å²) in [7, 11) is 1.84. The van der Waals surface area contributed by atoms with Crippen molar-refractivity contribution in [3.8, 4) is 11.1 Å². The first-order valence-corrected chi connectivity index (χ1v) is 10.5. The number of carboxylic acid groups (broad SMARTS) is 1. The first-order chi connectivity index (χ1) is 14.5. The van der Waals surface area contributed by atoms with E-state index in [1.165, 1.54) is 0 Å². The third-order valence-corrected chi connectivity index (χ3v) is 5.96. The Kier molecular flexibility index (Phi) is 7.65. The number of aromatic nitrogens is 1. The lowest BCUT2D eigenvalue weighted by molar-refractivity contribution is -0.108. The van der Waals surface area contributed by atoms with E-state index in [9.17, 15) is 14.7 Å². The third-order valence-electron chi connectivity index (χ3n) is 5.71. The summed E-state index contributed by atoms with van der Waals surface area (Å²) in [5, 5.41) is 13.2. The molecule has 0 spiro atoms. The number of piperidine rings is 1. The molecule has 1 aliphatic rings. The van der Waals surface area contributed by atoms with Gasteiger partial charge in [0.25, 0.3) is 0 Å². The fourth-order valence-corrected chi connectivity index (χ4v) is 4.08. The minimum Gasteiger partial charge on any atom is -0.465 e. The Labute approximate surface area is 181 Å². The molecule has 160 valence electrons. The molecule has 1 aliphatic heterocycles. The van der Waals surface area contributed by atoms with E-state index in [2.05, 4.69) is 21.3 Å². The highest BCUT2D eigenvalue weighted by atomic mass is 35.5. The zero-order valence-electron chi connectivity index (χ0n) is 17.0. The van der Waals surface area contributed by atoms with Crippen molar-refractivity contribution >= 4 is 29.8 Å². The molecule has 1 aromatic heterocycles. The molecule has 2 aromatic rings. The number of carbonyl (C=O) groups is 2. The predicted octanol–water partition coefficient (Wildman–Crippen LogP) is 3.39. The van der Waals surface area contributed by atoms with Crippen molar-refractivity contribution in [2.75, 3.05) is 38.1 Å². The number of benzene rings is 1. The molecule has 1 amide bonds. The standard InChI is InChI=1S/C22H27ClN4O3/c1-24-20(15-27(12-13-28)22(29)30)17-8-10-26(11-9-17)21-7-4-18(14-25-21)16-2-5-19(23)6-3-16/h2-7,13-14,17,20,24H,8-12,15H2,1H3,(H,29,30). The van der Waals surface area contributed by atoms with E-state index in [1.54, 1.807) is 0 Å². The van der Waals surface area contributed by atoms with Gasteiger partial charge in [-0.05, 0) is 55.6 Å². The predicted molar refractivity (Wildman–Crippen MR) is 118 cm³/mol. The van der Waals surface area contributed by atoms with Crippen LogP contribution in [-0.2, 0) is 4.79 Å². The number of likely N-dealkylation sites (N-methyl/N-ethyl adjacent to an activating group) is 1. The normalized spacial score (nSPS) is 15.6. The summed E-state index contributed by atoms with van der Waals surface area (Å²) in [4.78, 5) is 30.1. The van der Waals surface area contributed by atoms with Crippen LogP contribution in [-0.4, -0.2) is 66.6 Å². The molecule has 1 fully saturated rings. The molecule has 0 aliphatic carbocycles. The highest BCUT2D eigenvalue weighted by Crippen LogP contribution is 2.27. The SMILES string of the molecule is CNC(CN(CC=O)C(=O)O)C1CCN(c2ccc(-c3ccc(Cl)cc3)cn2)CC1. The maximum absolute atomic E-state index is 11.3. The minimum atomic E-state index is -1.07. The lowest BCUT2D eigenvalue weighted by Crippen LogP contribution is -2.49. The fraction of sp³-hybridized carbons (Fsp3) is 0.409. The summed E-state index contributed by atoms with van der Waals surface area (Å²) in [6.07, 6.45) is 3.31. The van der Waals surface area contributed by atoms with Crippen molar-refractivity contribution in [3.63, 3.8) is 0 Å². The Balaban J connectivity index is 1.58. The van der Waals surface area contributed by atoms with Gasteiger partial charge >= 0.3 is 6.09 Å². The van der Waals surface area contributed by atoms with Gasteiger partial charge in [-0.15, -0.1) is 0 Å². The number of halogens is 1. The molecule has 0 bridgehead atoms. The summed E-state index contributed by atoms with van der Waals surface area (Å²) in [6.45, 7) is 1.92. The summed E-state index contributed by atoms with van der Waals surface area (Å²) in [6, 6.07) is 11.8. The number of nitrogens with one attached hydrogen (secondary N) is 1. The van der Waals surface area contributed by atoms with Crippen LogP contribution in [0, 0.1) is 5.92 Å². The number of carbonyl (C=O) groups excluding carboxylic acids is 1. The van der Waals surface area contributed by atoms with E-state index >= 15 is 0 Å². The second kappa shape index (κ2) is 10.4. The highest BCUT2D eigenvalue weighted by molar-refractivity contribution is 6.30. The van der Waals surface area contributed by atoms with Crippen molar-refractivity contribution in [1.82, 2.24) is 15.2 Å². The number of nitrogens with zero attached hydrogens (tertiary/aromatic N) is 3. The molecule has 1 saturated heterocycles. The smallest absolute Gasteiger partial charge is 0.407 e. The van der Waals surface area contributed by atoms with Crippen LogP contribution in [0.1, 0.15) is 12.8 Å². The summed E-state index contributed by atoms with van der Waals surface area (Å²) < 4.78 is 0. The van der Waals surface area contributed by atoms with Crippen molar-refractivity contribution in [3.05, 3.63) is 47.6 Å². The molecule has 0 radical (unpaired) electrons. The lowest BCUT2D eigenvalue weighted by Gasteiger charge is -2.37. The van der Waals surface area contributed by atoms with Gasteiger partial charge in [0.2, 0.25) is 0 Å². The number of amides is 1. The van der Waals surface area contributed by atoms with Crippen molar-refractivity contribution in [1.29, 1.82) is 0 Å². The van der Waals surface area contributed by atoms with Gasteiger partial charge in [0, 0.05) is 42.5 Å². The molecule has 7 nitrogen and oxygen atoms in total. The van der Waals surface area contributed by atoms with Crippen LogP contribution in [0.2, 0.25) is 5.02 Å². The van der Waals surface area contributed by atoms with Crippen LogP contribution >= 0.6 is 11.6 Å². The highest BCUT2D eigenvalue weighted by Gasteiger charge is 2.28. The average Bonchev–Trinajstić information content (AvgIpc) is 2.77. The maximum Gasteiger partial charge on any atom is 0.407 e. The van der Waals surface area contributed by atoms with Crippen LogP contribution in [0.25, 0.3) is 11.1 Å². The molecule has 1 aromatic carbocycles. The van der Waals surface area contributed by atoms with E-state index in [0.29, 0.717) is 23.8 Å². The van der Waals surface area contributed by atoms with E-state index < -0.39 is 6.09 Å². The Morgan fingerprint density at radius 3 is 2.47 bits per heavy atom. The minimum absolute atomic E-state index is 0.0171. The largest absolute Gasteiger partial charge is 0.465 e. The molecule has 3 rings (SSSR count). The van der Waals surface area contributed by atoms with Gasteiger partial charge in [0.1, 0.15) is 12.1 Å². The summed E-state index contributed by atoms with van der Waals surface area (Å²) >= 11 is 5.96. The van der Waals surface area contributed by atoms with Gasteiger partial charge in [-0.3, -0.25) is 4.90 Å². The second-order valence-corrected chi connectivity index (χ2v) is 7.92. The molecular weight excluding hydrogens is 404 g/mol. The number of aldehydes is 1. The Hall–Kier alpha value is -2.64. The van der Waals surface area contributed by atoms with Crippen LogP contribution in [0.15, 0.2) is 42.6 Å². The average molecular weight is 431 g/mol. The Bertz CT molecular complexity index is 836. The molecule has 2 N–H and O–H groups in total. The van der Waals surface area contributed by atoms with Crippen LogP contribution in [0.3, 0.4) is 0 Å². The summed E-state index contributed by atoms with van der Waals surface area (Å²) in [5.41, 5.74) is 2.12. The number of hydrogen-bond acceptors (Lipinski definition) is 5. The summed E-state index contributed by atoms with van der Waals surface area (Å²) in [5.74, 6) is 1.29. The number of pyridine rings is 1. The van der Waals surface area contributed by atoms with Crippen molar-refractivity contribution in [2.45, 2.75) is 18.9 Å². The first-order valence-electron chi connectivity index (χ1n) is 10.1. The van der Waals surface area contributed by atoms with E-state index in [4.69, 9.17) is 11.6 Å². The van der Waals surface area contributed by atoms with Gasteiger partial charge in [-0.25, -0.2) is 9.78 Å². The molecule has 8 heteroatoms. The van der Waals surface area contributed by atoms with Crippen LogP contribution < -0.4 is 10.2 Å². The van der Waals surface area contributed by atoms with Crippen molar-refractivity contribution < 1.29 is 14.7 Å². The fourth-order valence-electron chi connectivity index (χ4n) is 3.95. The Morgan fingerprint density at radius 2 is 1.93 bits per heavy atom.